The van der Waals surface area contributed by atoms with Crippen LogP contribution in [0.3, 0.4) is 0 Å². The van der Waals surface area contributed by atoms with Crippen molar-refractivity contribution in [2.24, 2.45) is 22.2 Å². The largest absolute Gasteiger partial charge is 0.477 e. The summed E-state index contributed by atoms with van der Waals surface area (Å²) < 4.78 is 39.9. The third-order valence-electron chi connectivity index (χ3n) is 12.0. The Hall–Kier alpha value is -3.81. The second-order valence-electron chi connectivity index (χ2n) is 23.1. The fraction of sp³-hybridized carbons (Fsp3) is 0.441. The molecule has 1 saturated carbocycles. The number of benzene rings is 2. The first-order valence-electron chi connectivity index (χ1n) is 24.8. The van der Waals surface area contributed by atoms with Crippen LogP contribution in [0, 0.1) is 64.6 Å². The van der Waals surface area contributed by atoms with Crippen LogP contribution in [-0.4, -0.2) is 58.9 Å². The van der Waals surface area contributed by atoms with Gasteiger partial charge in [-0.05, 0) is 185 Å². The number of aryl methyl sites for hydroxylation is 1. The minimum absolute atomic E-state index is 0.101. The number of rotatable bonds is 12. The van der Waals surface area contributed by atoms with Crippen LogP contribution in [0.5, 0.6) is 0 Å². The number of hydrogen-bond acceptors (Lipinski definition) is 9. The lowest BCUT2D eigenvalue weighted by Crippen LogP contribution is -2.18. The maximum Gasteiger partial charge on any atom is 0.346 e. The highest BCUT2D eigenvalue weighted by Crippen LogP contribution is 2.56. The number of aromatic carboxylic acids is 3. The molecule has 1 aliphatic rings. The molecular weight excluding hydrogens is 1150 g/mol. The molecule has 2 aromatic carbocycles. The Balaban J connectivity index is 0.000000249. The van der Waals surface area contributed by atoms with E-state index in [1.807, 2.05) is 82.0 Å². The molecule has 0 bridgehead atoms. The van der Waals surface area contributed by atoms with Gasteiger partial charge in [0.15, 0.2) is 0 Å². The van der Waals surface area contributed by atoms with Crippen molar-refractivity contribution in [2.75, 3.05) is 20.0 Å². The maximum atomic E-state index is 13.4. The Morgan fingerprint density at radius 1 is 0.545 bits per heavy atom. The van der Waals surface area contributed by atoms with E-state index in [0.29, 0.717) is 63.8 Å². The van der Waals surface area contributed by atoms with E-state index >= 15 is 0 Å². The molecule has 18 heteroatoms. The van der Waals surface area contributed by atoms with E-state index in [1.165, 1.54) is 11.3 Å². The SMILES string of the molecule is CC(C)(C)C#Cc1cc(CP(C)(=O)c2ccc(Cl)cc2Cl)c(C(=O)O)s1.CC1CCC(P(C)(=O)Cc2cc(C#CC(C)(C)C)sc2C(=O)O)CC1.Cc1cc(Cl)ccc1P(C)(=O)Cc1cc(C#CC(C)(C)C)sc1C(=O)O. The molecule has 3 aromatic heterocycles. The van der Waals surface area contributed by atoms with Gasteiger partial charge in [-0.2, -0.15) is 0 Å². The van der Waals surface area contributed by atoms with Gasteiger partial charge in [-0.15, -0.1) is 34.0 Å². The van der Waals surface area contributed by atoms with Crippen molar-refractivity contribution in [1.82, 2.24) is 0 Å². The van der Waals surface area contributed by atoms with E-state index in [0.717, 1.165) is 64.1 Å². The van der Waals surface area contributed by atoms with Crippen LogP contribution in [0.15, 0.2) is 54.6 Å². The lowest BCUT2D eigenvalue weighted by Gasteiger charge is -2.31. The average molecular weight is 1220 g/mol. The molecule has 0 amide bonds. The lowest BCUT2D eigenvalue weighted by molar-refractivity contribution is 0.0690. The van der Waals surface area contributed by atoms with Gasteiger partial charge in [0.25, 0.3) is 0 Å². The molecule has 6 rings (SSSR count). The zero-order valence-corrected chi connectivity index (χ0v) is 53.7. The van der Waals surface area contributed by atoms with Crippen LogP contribution in [0.2, 0.25) is 15.1 Å². The van der Waals surface area contributed by atoms with Gasteiger partial charge in [-0.25, -0.2) is 14.4 Å². The summed E-state index contributed by atoms with van der Waals surface area (Å²) in [5, 5.41) is 31.1. The first-order chi connectivity index (χ1) is 35.3. The van der Waals surface area contributed by atoms with Gasteiger partial charge in [0, 0.05) is 61.0 Å². The summed E-state index contributed by atoms with van der Waals surface area (Å²) in [7, 11) is -8.14. The first kappa shape index (κ1) is 65.7. The summed E-state index contributed by atoms with van der Waals surface area (Å²) in [4.78, 5) is 37.6. The molecule has 3 heterocycles. The van der Waals surface area contributed by atoms with Gasteiger partial charge in [0.05, 0.1) is 26.8 Å². The number of carboxylic acids is 3. The van der Waals surface area contributed by atoms with Gasteiger partial charge in [0.2, 0.25) is 0 Å². The fourth-order valence-corrected chi connectivity index (χ4v) is 19.1. The van der Waals surface area contributed by atoms with E-state index in [9.17, 15) is 43.4 Å². The van der Waals surface area contributed by atoms with Crippen molar-refractivity contribution in [3.8, 4) is 35.5 Å². The van der Waals surface area contributed by atoms with Crippen LogP contribution in [0.25, 0.3) is 0 Å². The number of carbonyl (C=O) groups is 3. The van der Waals surface area contributed by atoms with E-state index in [2.05, 4.69) is 42.4 Å². The zero-order valence-electron chi connectivity index (χ0n) is 46.3. The quantitative estimate of drug-likeness (QED) is 0.0815. The summed E-state index contributed by atoms with van der Waals surface area (Å²) in [5.74, 6) is 16.2. The van der Waals surface area contributed by atoms with E-state index in [-0.39, 0.29) is 44.0 Å². The number of halogens is 3. The second-order valence-corrected chi connectivity index (χ2v) is 36.9. The Kier molecular flexibility index (Phi) is 22.7. The van der Waals surface area contributed by atoms with Gasteiger partial charge >= 0.3 is 17.9 Å². The van der Waals surface area contributed by atoms with E-state index in [4.69, 9.17) is 34.8 Å². The van der Waals surface area contributed by atoms with Gasteiger partial charge < -0.3 is 29.0 Å². The number of thiophene rings is 3. The summed E-state index contributed by atoms with van der Waals surface area (Å²) in [6.07, 6.45) is 4.91. The fourth-order valence-electron chi connectivity index (χ4n) is 8.20. The number of carboxylic acid groups (broad SMARTS) is 3. The van der Waals surface area contributed by atoms with Crippen LogP contribution >= 0.6 is 90.2 Å². The topological polar surface area (TPSA) is 163 Å². The zero-order chi connectivity index (χ0) is 58.2. The summed E-state index contributed by atoms with van der Waals surface area (Å²) in [6.45, 7) is 27.3. The highest BCUT2D eigenvalue weighted by atomic mass is 35.5. The van der Waals surface area contributed by atoms with Gasteiger partial charge in [-0.1, -0.05) is 90.1 Å². The van der Waals surface area contributed by atoms with Crippen LogP contribution in [0.1, 0.15) is 161 Å². The smallest absolute Gasteiger partial charge is 0.346 e. The molecule has 1 aliphatic carbocycles. The van der Waals surface area contributed by atoms with Crippen molar-refractivity contribution in [3.05, 3.63) is 121 Å². The molecule has 9 nitrogen and oxygen atoms in total. The van der Waals surface area contributed by atoms with Crippen molar-refractivity contribution in [3.63, 3.8) is 0 Å². The summed E-state index contributed by atoms with van der Waals surface area (Å²) in [5.41, 5.74) is 2.36. The van der Waals surface area contributed by atoms with E-state index < -0.39 is 39.3 Å². The molecule has 0 saturated heterocycles. The summed E-state index contributed by atoms with van der Waals surface area (Å²) in [6, 6.07) is 15.4. The maximum absolute atomic E-state index is 13.4. The molecule has 1 fully saturated rings. The monoisotopic (exact) mass is 1220 g/mol. The van der Waals surface area contributed by atoms with Crippen LogP contribution in [0.4, 0.5) is 0 Å². The van der Waals surface area contributed by atoms with Gasteiger partial charge in [-0.3, -0.25) is 0 Å². The molecule has 3 unspecified atom stereocenters. The molecule has 3 N–H and O–H groups in total. The Morgan fingerprint density at radius 3 is 1.22 bits per heavy atom. The first-order valence-corrected chi connectivity index (χ1v) is 35.5. The molecule has 0 spiro atoms. The van der Waals surface area contributed by atoms with Gasteiger partial charge in [0.1, 0.15) is 28.9 Å². The predicted octanol–water partition coefficient (Wildman–Crippen LogP) is 17.5. The Labute approximate surface area is 483 Å². The van der Waals surface area contributed by atoms with Crippen molar-refractivity contribution in [2.45, 2.75) is 126 Å². The normalized spacial score (nSPS) is 16.8. The Morgan fingerprint density at radius 2 is 0.883 bits per heavy atom. The molecule has 77 heavy (non-hydrogen) atoms. The minimum Gasteiger partial charge on any atom is -0.477 e. The Bertz CT molecular complexity index is 3200. The third-order valence-corrected chi connectivity index (χ3v) is 24.0. The molecule has 5 aromatic rings. The standard InChI is InChI=1S/C20H22ClO3PS.C20H29O3PS.C19H19Cl2O3PS/c1-13-10-15(21)6-7-17(13)25(5,24)12-14-11-16(8-9-20(2,3)4)26-18(14)19(22)23;1-14-6-8-16(9-7-14)24(5,23)13-15-12-17(10-11-20(2,3)4)25-18(15)19(21)22;1-19(2,3)8-7-14-9-12(17(26-14)18(22)23)11-25(4,24)16-6-5-13(20)10-15(16)21/h6-7,10-11H,12H2,1-5H3,(H,22,23);12,14,16H,6-9,13H2,1-5H3,(H,21,22);5-6,9-10H,11H2,1-4H3,(H,22,23). The molecule has 0 radical (unpaired) electrons. The molecule has 0 aliphatic heterocycles. The lowest BCUT2D eigenvalue weighted by atomic mass is 9.91. The van der Waals surface area contributed by atoms with Crippen molar-refractivity contribution < 1.29 is 43.4 Å². The second kappa shape index (κ2) is 26.6. The molecule has 414 valence electrons. The predicted molar refractivity (Wildman–Crippen MR) is 328 cm³/mol. The molecule has 3 atom stereocenters. The minimum atomic E-state index is -2.92. The van der Waals surface area contributed by atoms with Crippen LogP contribution < -0.4 is 10.6 Å². The summed E-state index contributed by atoms with van der Waals surface area (Å²) >= 11 is 21.5. The van der Waals surface area contributed by atoms with Crippen molar-refractivity contribution in [1.29, 1.82) is 0 Å². The highest BCUT2D eigenvalue weighted by molar-refractivity contribution is 7.70. The highest BCUT2D eigenvalue weighted by Gasteiger charge is 2.34. The van der Waals surface area contributed by atoms with Crippen molar-refractivity contribution >= 4 is 119 Å². The molecular formula is C59H70Cl3O9P3S3. The number of hydrogen-bond donors (Lipinski definition) is 3. The third kappa shape index (κ3) is 20.7. The van der Waals surface area contributed by atoms with E-state index in [1.54, 1.807) is 61.9 Å². The average Bonchev–Trinajstić information content (AvgIpc) is 4.00. The van der Waals surface area contributed by atoms with Crippen LogP contribution in [-0.2, 0) is 32.2 Å².